The van der Waals surface area contributed by atoms with E-state index in [2.05, 4.69) is 30.7 Å². The van der Waals surface area contributed by atoms with Crippen molar-refractivity contribution >= 4 is 18.0 Å². The lowest BCUT2D eigenvalue weighted by atomic mass is 10.1. The zero-order valence-electron chi connectivity index (χ0n) is 9.04. The highest BCUT2D eigenvalue weighted by Crippen LogP contribution is 2.25. The van der Waals surface area contributed by atoms with Crippen LogP contribution in [0.3, 0.4) is 0 Å². The number of rotatable bonds is 4. The van der Waals surface area contributed by atoms with E-state index in [4.69, 9.17) is 5.73 Å². The number of primary amides is 1. The van der Waals surface area contributed by atoms with Gasteiger partial charge in [-0.05, 0) is 35.9 Å². The molecule has 3 N–H and O–H groups in total. The summed E-state index contributed by atoms with van der Waals surface area (Å²) in [7, 11) is 0. The predicted molar refractivity (Wildman–Crippen MR) is 63.8 cm³/mol. The largest absolute Gasteiger partial charge is 0.351 e. The summed E-state index contributed by atoms with van der Waals surface area (Å²) in [4.78, 5) is 11.8. The van der Waals surface area contributed by atoms with Crippen molar-refractivity contribution in [3.05, 3.63) is 29.3 Å². The van der Waals surface area contributed by atoms with E-state index in [0.717, 1.165) is 17.7 Å². The maximum Gasteiger partial charge on any atom is 0.322 e. The first-order valence-electron chi connectivity index (χ1n) is 5.02. The summed E-state index contributed by atoms with van der Waals surface area (Å²) in [6.45, 7) is 4.20. The fourth-order valence-electron chi connectivity index (χ4n) is 1.43. The van der Waals surface area contributed by atoms with Gasteiger partial charge in [0.1, 0.15) is 0 Å². The average molecular weight is 224 g/mol. The van der Waals surface area contributed by atoms with Crippen molar-refractivity contribution < 1.29 is 4.79 Å². The maximum absolute atomic E-state index is 10.7. The van der Waals surface area contributed by atoms with Gasteiger partial charge < -0.3 is 5.73 Å². The molecule has 0 spiro atoms. The summed E-state index contributed by atoms with van der Waals surface area (Å²) >= 11 is 1.31. The number of carbonyl (C=O) groups excluding carboxylic acids is 1. The molecule has 2 amide bonds. The fourth-order valence-corrected chi connectivity index (χ4v) is 2.32. The molecule has 0 aliphatic rings. The smallest absolute Gasteiger partial charge is 0.322 e. The van der Waals surface area contributed by atoms with Crippen LogP contribution in [-0.2, 0) is 12.8 Å². The Morgan fingerprint density at radius 1 is 1.33 bits per heavy atom. The molecule has 82 valence electrons. The first kappa shape index (κ1) is 11.9. The van der Waals surface area contributed by atoms with E-state index in [9.17, 15) is 4.79 Å². The maximum atomic E-state index is 10.7. The van der Waals surface area contributed by atoms with Gasteiger partial charge in [0.25, 0.3) is 0 Å². The van der Waals surface area contributed by atoms with Gasteiger partial charge in [-0.25, -0.2) is 4.79 Å². The highest BCUT2D eigenvalue weighted by atomic mass is 32.2. The van der Waals surface area contributed by atoms with E-state index in [-0.39, 0.29) is 0 Å². The number of amides is 2. The zero-order valence-corrected chi connectivity index (χ0v) is 9.86. The van der Waals surface area contributed by atoms with Gasteiger partial charge in [0.05, 0.1) is 0 Å². The van der Waals surface area contributed by atoms with Crippen LogP contribution in [0.2, 0.25) is 0 Å². The van der Waals surface area contributed by atoms with E-state index in [0.29, 0.717) is 0 Å². The number of nitrogens with two attached hydrogens (primary N) is 1. The number of hydrogen-bond donors (Lipinski definition) is 2. The number of nitrogens with one attached hydrogen (secondary N) is 1. The third-order valence-electron chi connectivity index (χ3n) is 2.19. The van der Waals surface area contributed by atoms with Gasteiger partial charge in [-0.15, -0.1) is 0 Å². The minimum atomic E-state index is -0.507. The molecule has 0 atom stereocenters. The minimum Gasteiger partial charge on any atom is -0.351 e. The third-order valence-corrected chi connectivity index (χ3v) is 3.23. The molecule has 0 heterocycles. The second-order valence-corrected chi connectivity index (χ2v) is 4.00. The van der Waals surface area contributed by atoms with Crippen LogP contribution in [0.25, 0.3) is 0 Å². The van der Waals surface area contributed by atoms with Crippen LogP contribution in [0.4, 0.5) is 4.79 Å². The summed E-state index contributed by atoms with van der Waals surface area (Å²) < 4.78 is 2.57. The summed E-state index contributed by atoms with van der Waals surface area (Å²) in [5.41, 5.74) is 7.54. The van der Waals surface area contributed by atoms with Crippen molar-refractivity contribution in [1.82, 2.24) is 4.72 Å². The molecule has 1 aromatic rings. The first-order chi connectivity index (χ1) is 7.19. The molecule has 1 aromatic carbocycles. The Hall–Kier alpha value is -1.16. The van der Waals surface area contributed by atoms with E-state index >= 15 is 0 Å². The van der Waals surface area contributed by atoms with E-state index < -0.39 is 6.03 Å². The molecular weight excluding hydrogens is 208 g/mol. The number of aryl methyl sites for hydroxylation is 2. The van der Waals surface area contributed by atoms with Crippen molar-refractivity contribution in [1.29, 1.82) is 0 Å². The molecular formula is C11H16N2OS. The molecule has 0 unspecified atom stereocenters. The zero-order chi connectivity index (χ0) is 11.3. The van der Waals surface area contributed by atoms with Gasteiger partial charge in [-0.1, -0.05) is 32.0 Å². The van der Waals surface area contributed by atoms with Crippen molar-refractivity contribution in [3.63, 3.8) is 0 Å². The molecule has 15 heavy (non-hydrogen) atoms. The molecule has 0 saturated carbocycles. The van der Waals surface area contributed by atoms with E-state index in [1.807, 2.05) is 6.07 Å². The van der Waals surface area contributed by atoms with Gasteiger partial charge in [-0.3, -0.25) is 4.72 Å². The quantitative estimate of drug-likeness (QED) is 0.772. The Morgan fingerprint density at radius 2 is 1.87 bits per heavy atom. The molecule has 0 aliphatic carbocycles. The molecule has 4 heteroatoms. The Balaban J connectivity index is 2.94. The number of hydrogen-bond acceptors (Lipinski definition) is 2. The second-order valence-electron chi connectivity index (χ2n) is 3.18. The molecule has 0 bridgehead atoms. The molecule has 1 rings (SSSR count). The normalized spacial score (nSPS) is 10.0. The first-order valence-corrected chi connectivity index (χ1v) is 5.83. The van der Waals surface area contributed by atoms with Gasteiger partial charge in [-0.2, -0.15) is 0 Å². The highest BCUT2D eigenvalue weighted by molar-refractivity contribution is 7.98. The van der Waals surface area contributed by atoms with Crippen LogP contribution in [0.1, 0.15) is 25.0 Å². The Labute approximate surface area is 94.6 Å². The third kappa shape index (κ3) is 3.16. The number of benzene rings is 1. The topological polar surface area (TPSA) is 55.1 Å². The lowest BCUT2D eigenvalue weighted by Crippen LogP contribution is -2.23. The lowest BCUT2D eigenvalue weighted by Gasteiger charge is -2.11. The number of urea groups is 1. The average Bonchev–Trinajstić information content (AvgIpc) is 2.25. The van der Waals surface area contributed by atoms with Crippen molar-refractivity contribution in [2.75, 3.05) is 0 Å². The SMILES string of the molecule is CCc1cccc(CC)c1SNC(N)=O. The van der Waals surface area contributed by atoms with E-state index in [1.54, 1.807) is 0 Å². The highest BCUT2D eigenvalue weighted by Gasteiger charge is 2.07. The van der Waals surface area contributed by atoms with Crippen LogP contribution >= 0.6 is 11.9 Å². The summed E-state index contributed by atoms with van der Waals surface area (Å²) in [5.74, 6) is 0. The molecule has 0 radical (unpaired) electrons. The Bertz CT molecular complexity index is 330. The van der Waals surface area contributed by atoms with Crippen LogP contribution in [0.5, 0.6) is 0 Å². The second kappa shape index (κ2) is 5.66. The summed E-state index contributed by atoms with van der Waals surface area (Å²) in [6, 6.07) is 5.69. The van der Waals surface area contributed by atoms with Gasteiger partial charge in [0.2, 0.25) is 0 Å². The lowest BCUT2D eigenvalue weighted by molar-refractivity contribution is 0.254. The Morgan fingerprint density at radius 3 is 2.27 bits per heavy atom. The molecule has 3 nitrogen and oxygen atoms in total. The van der Waals surface area contributed by atoms with Crippen LogP contribution in [0.15, 0.2) is 23.1 Å². The van der Waals surface area contributed by atoms with Gasteiger partial charge in [0.15, 0.2) is 0 Å². The van der Waals surface area contributed by atoms with Crippen molar-refractivity contribution in [3.8, 4) is 0 Å². The molecule has 0 saturated heterocycles. The standard InChI is InChI=1S/C11H16N2OS/c1-3-8-6-5-7-9(4-2)10(8)15-13-11(12)14/h5-7H,3-4H2,1-2H3,(H3,12,13,14). The summed E-state index contributed by atoms with van der Waals surface area (Å²) in [6.07, 6.45) is 1.91. The molecule has 0 fully saturated rings. The van der Waals surface area contributed by atoms with E-state index in [1.165, 1.54) is 23.1 Å². The van der Waals surface area contributed by atoms with Crippen LogP contribution in [0, 0.1) is 0 Å². The van der Waals surface area contributed by atoms with Crippen molar-refractivity contribution in [2.24, 2.45) is 5.73 Å². The predicted octanol–water partition coefficient (Wildman–Crippen LogP) is 2.49. The molecule has 0 aromatic heterocycles. The van der Waals surface area contributed by atoms with Crippen LogP contribution in [-0.4, -0.2) is 6.03 Å². The minimum absolute atomic E-state index is 0.507. The van der Waals surface area contributed by atoms with Crippen molar-refractivity contribution in [2.45, 2.75) is 31.6 Å². The van der Waals surface area contributed by atoms with Gasteiger partial charge in [0, 0.05) is 4.90 Å². The Kier molecular flexibility index (Phi) is 4.49. The summed E-state index contributed by atoms with van der Waals surface area (Å²) in [5, 5.41) is 0. The number of carbonyl (C=O) groups is 1. The molecule has 0 aliphatic heterocycles. The fraction of sp³-hybridized carbons (Fsp3) is 0.364. The monoisotopic (exact) mass is 224 g/mol. The van der Waals surface area contributed by atoms with Crippen LogP contribution < -0.4 is 10.5 Å². The van der Waals surface area contributed by atoms with Gasteiger partial charge >= 0.3 is 6.03 Å².